The van der Waals surface area contributed by atoms with E-state index in [2.05, 4.69) is 128 Å². The third-order valence-corrected chi connectivity index (χ3v) is 21.3. The maximum absolute atomic E-state index is 2.41. The summed E-state index contributed by atoms with van der Waals surface area (Å²) in [6.45, 7) is 2.41. The predicted octanol–water partition coefficient (Wildman–Crippen LogP) is 3.92. The third-order valence-electron chi connectivity index (χ3n) is 5.10. The van der Waals surface area contributed by atoms with E-state index in [1.54, 1.807) is 17.4 Å². The SMILES string of the molecule is CCC([As](c1ccccc1)c1ccccc1)[As](c1ccccc1)c1ccccc1. The molecule has 0 nitrogen and oxygen atoms in total. The van der Waals surface area contributed by atoms with Gasteiger partial charge in [-0.15, -0.1) is 0 Å². The molecule has 0 saturated heterocycles. The predicted molar refractivity (Wildman–Crippen MR) is 130 cm³/mol. The van der Waals surface area contributed by atoms with Gasteiger partial charge in [-0.05, 0) is 0 Å². The van der Waals surface area contributed by atoms with Crippen LogP contribution in [0.3, 0.4) is 0 Å². The number of hydrogen-bond donors (Lipinski definition) is 0. The van der Waals surface area contributed by atoms with Crippen molar-refractivity contribution >= 4 is 46.7 Å². The molecular weight excluding hydrogens is 474 g/mol. The van der Waals surface area contributed by atoms with Gasteiger partial charge in [0.1, 0.15) is 0 Å². The zero-order chi connectivity index (χ0) is 19.9. The monoisotopic (exact) mass is 500 g/mol. The topological polar surface area (TPSA) is 0 Å². The van der Waals surface area contributed by atoms with Crippen molar-refractivity contribution in [2.45, 2.75) is 16.8 Å². The Hall–Kier alpha value is -2.00. The van der Waals surface area contributed by atoms with Gasteiger partial charge >= 0.3 is 185 Å². The molecule has 0 radical (unpaired) electrons. The van der Waals surface area contributed by atoms with Crippen LogP contribution in [0.2, 0.25) is 3.49 Å². The van der Waals surface area contributed by atoms with Crippen LogP contribution in [0.25, 0.3) is 0 Å². The van der Waals surface area contributed by atoms with Gasteiger partial charge in [0.05, 0.1) is 0 Å². The van der Waals surface area contributed by atoms with Crippen molar-refractivity contribution in [3.63, 3.8) is 0 Å². The third kappa shape index (κ3) is 4.77. The average molecular weight is 500 g/mol. The Labute approximate surface area is 184 Å². The number of hydrogen-bond acceptors (Lipinski definition) is 0. The van der Waals surface area contributed by atoms with E-state index in [4.69, 9.17) is 0 Å². The van der Waals surface area contributed by atoms with Gasteiger partial charge in [0.25, 0.3) is 0 Å². The van der Waals surface area contributed by atoms with Crippen molar-refractivity contribution in [2.24, 2.45) is 0 Å². The van der Waals surface area contributed by atoms with Crippen LogP contribution in [0.1, 0.15) is 13.3 Å². The first-order valence-electron chi connectivity index (χ1n) is 10.2. The second kappa shape index (κ2) is 10.2. The molecule has 0 saturated carbocycles. The van der Waals surface area contributed by atoms with Gasteiger partial charge in [0.15, 0.2) is 0 Å². The van der Waals surface area contributed by atoms with Crippen LogP contribution in [0.15, 0.2) is 121 Å². The summed E-state index contributed by atoms with van der Waals surface area (Å²) in [6, 6.07) is 45.3. The van der Waals surface area contributed by atoms with E-state index in [-0.39, 0.29) is 0 Å². The molecule has 4 aromatic rings. The molecule has 0 spiro atoms. The van der Waals surface area contributed by atoms with E-state index in [0.29, 0.717) is 0 Å². The van der Waals surface area contributed by atoms with Crippen LogP contribution in [-0.4, -0.2) is 29.3 Å². The Morgan fingerprint density at radius 3 is 0.897 bits per heavy atom. The van der Waals surface area contributed by atoms with E-state index in [1.165, 1.54) is 6.42 Å². The van der Waals surface area contributed by atoms with Crippen molar-refractivity contribution in [3.05, 3.63) is 121 Å². The Kier molecular flexibility index (Phi) is 7.10. The molecule has 4 rings (SSSR count). The standard InChI is InChI=1S/C27H26As2/c1-2-27(28(23-15-7-3-8-16-23)24-17-9-4-10-18-24)29(25-19-11-5-12-20-25)26-21-13-6-14-22-26/h3-22,27H,2H2,1H3. The van der Waals surface area contributed by atoms with Gasteiger partial charge in [0.2, 0.25) is 0 Å². The molecule has 0 amide bonds. The molecule has 0 N–H and O–H groups in total. The molecule has 0 aliphatic rings. The molecule has 4 aromatic carbocycles. The van der Waals surface area contributed by atoms with Crippen molar-refractivity contribution in [3.8, 4) is 0 Å². The van der Waals surface area contributed by atoms with E-state index in [9.17, 15) is 0 Å². The minimum absolute atomic E-state index is 0.740. The summed E-state index contributed by atoms with van der Waals surface area (Å²) in [5.41, 5.74) is 0. The average Bonchev–Trinajstić information content (AvgIpc) is 2.81. The van der Waals surface area contributed by atoms with Gasteiger partial charge in [0, 0.05) is 0 Å². The van der Waals surface area contributed by atoms with E-state index in [0.717, 1.165) is 3.49 Å². The summed E-state index contributed by atoms with van der Waals surface area (Å²) in [6.07, 6.45) is 1.23. The van der Waals surface area contributed by atoms with Gasteiger partial charge in [-0.1, -0.05) is 0 Å². The van der Waals surface area contributed by atoms with Crippen molar-refractivity contribution in [2.75, 3.05) is 0 Å². The molecule has 144 valence electrons. The minimum atomic E-state index is -1.49. The Morgan fingerprint density at radius 1 is 0.448 bits per heavy atom. The molecule has 0 aromatic heterocycles. The maximum atomic E-state index is 2.41. The molecular formula is C27H26As2. The first kappa shape index (κ1) is 20.3. The fraction of sp³-hybridized carbons (Fsp3) is 0.111. The van der Waals surface area contributed by atoms with Crippen LogP contribution >= 0.6 is 0 Å². The molecule has 0 unspecified atom stereocenters. The Morgan fingerprint density at radius 2 is 0.690 bits per heavy atom. The van der Waals surface area contributed by atoms with Gasteiger partial charge < -0.3 is 0 Å². The van der Waals surface area contributed by atoms with Crippen LogP contribution in [0.5, 0.6) is 0 Å². The summed E-state index contributed by atoms with van der Waals surface area (Å²) in [7, 11) is 0. The summed E-state index contributed by atoms with van der Waals surface area (Å²) in [5.74, 6) is 0. The Bertz CT molecular complexity index is 824. The normalized spacial score (nSPS) is 11.3. The summed E-state index contributed by atoms with van der Waals surface area (Å²) in [5, 5.41) is 0. The van der Waals surface area contributed by atoms with Crippen LogP contribution in [-0.2, 0) is 0 Å². The summed E-state index contributed by atoms with van der Waals surface area (Å²) < 4.78 is 7.03. The second-order valence-corrected chi connectivity index (χ2v) is 18.9. The first-order valence-corrected chi connectivity index (χ1v) is 16.1. The van der Waals surface area contributed by atoms with Crippen LogP contribution in [0, 0.1) is 0 Å². The molecule has 2 heteroatoms. The molecule has 0 heterocycles. The van der Waals surface area contributed by atoms with E-state index in [1.807, 2.05) is 0 Å². The fourth-order valence-electron chi connectivity index (χ4n) is 3.82. The number of rotatable bonds is 7. The van der Waals surface area contributed by atoms with Gasteiger partial charge in [-0.25, -0.2) is 0 Å². The molecule has 0 aliphatic heterocycles. The molecule has 29 heavy (non-hydrogen) atoms. The zero-order valence-corrected chi connectivity index (χ0v) is 20.5. The van der Waals surface area contributed by atoms with E-state index < -0.39 is 29.3 Å². The van der Waals surface area contributed by atoms with Crippen molar-refractivity contribution < 1.29 is 0 Å². The zero-order valence-electron chi connectivity index (χ0n) is 16.7. The molecule has 0 atom stereocenters. The van der Waals surface area contributed by atoms with Crippen molar-refractivity contribution in [1.82, 2.24) is 0 Å². The quantitative estimate of drug-likeness (QED) is 0.338. The Balaban J connectivity index is 1.88. The van der Waals surface area contributed by atoms with E-state index >= 15 is 0 Å². The fourth-order valence-corrected chi connectivity index (χ4v) is 22.4. The summed E-state index contributed by atoms with van der Waals surface area (Å²) >= 11 is -2.98. The second-order valence-electron chi connectivity index (χ2n) is 6.97. The molecule has 0 aliphatic carbocycles. The van der Waals surface area contributed by atoms with Crippen molar-refractivity contribution in [1.29, 1.82) is 0 Å². The van der Waals surface area contributed by atoms with Gasteiger partial charge in [-0.3, -0.25) is 0 Å². The van der Waals surface area contributed by atoms with Gasteiger partial charge in [-0.2, -0.15) is 0 Å². The summed E-state index contributed by atoms with van der Waals surface area (Å²) in [4.78, 5) is 0. The molecule has 0 bridgehead atoms. The van der Waals surface area contributed by atoms with Crippen LogP contribution < -0.4 is 17.4 Å². The first-order chi connectivity index (χ1) is 14.4. The molecule has 0 fully saturated rings. The van der Waals surface area contributed by atoms with Crippen LogP contribution in [0.4, 0.5) is 0 Å². The number of benzene rings is 4.